The largest absolute Gasteiger partial charge is 0.477 e. The highest BCUT2D eigenvalue weighted by Gasteiger charge is 2.41. The molecule has 3 N–H and O–H groups in total. The predicted molar refractivity (Wildman–Crippen MR) is 385 cm³/mol. The van der Waals surface area contributed by atoms with Crippen LogP contribution in [0.4, 0.5) is 11.4 Å². The maximum Gasteiger partial charge on any atom is 0.348 e. The first-order valence-corrected chi connectivity index (χ1v) is 37.0. The number of amides is 2. The average molecular weight is 1400 g/mol. The van der Waals surface area contributed by atoms with E-state index < -0.39 is 29.7 Å². The van der Waals surface area contributed by atoms with E-state index in [0.717, 1.165) is 111 Å². The van der Waals surface area contributed by atoms with Crippen LogP contribution in [0.15, 0.2) is 45.7 Å². The molecule has 3 saturated carbocycles. The lowest BCUT2D eigenvalue weighted by molar-refractivity contribution is -0.126. The number of carbonyl (C=O) groups is 6. The van der Waals surface area contributed by atoms with Crippen molar-refractivity contribution >= 4 is 80.9 Å². The third-order valence-electron chi connectivity index (χ3n) is 17.7. The molecule has 3 fully saturated rings. The SMILES string of the molecule is CC1CCC(C(=O)C(c2cc(C#CC(C)(C)C)sc2C(=O)O)C(C)c2nc(C(C)C)no2)CC1.CC1CCC(C(=O)N(c2cc(C#CC(C)(C)C)sc2C(=O)O)C(C)Cn2cccn2)CC1.CCc1noc(CN(C(=O)C2CCC(C)CC2)c2cc(C#CC(C)(C)C)sc2C(=O)O)n1. The van der Waals surface area contributed by atoms with Crippen LogP contribution in [0.25, 0.3) is 0 Å². The number of carboxylic acids is 3. The second-order valence-corrected chi connectivity index (χ2v) is 33.5. The number of nitrogens with zero attached hydrogens (tertiary/aromatic N) is 8. The van der Waals surface area contributed by atoms with Crippen molar-refractivity contribution in [3.05, 3.63) is 94.9 Å². The van der Waals surface area contributed by atoms with E-state index in [-0.39, 0.29) is 84.7 Å². The molecule has 9 rings (SSSR count). The number of rotatable bonds is 19. The Labute approximate surface area is 590 Å². The van der Waals surface area contributed by atoms with Gasteiger partial charge in [0.25, 0.3) is 0 Å². The molecule has 6 heterocycles. The standard InChI is InChI=1S/C27H36N2O4S.C25H33N3O3S.C24H31N3O4S/c1-15(2)24-28-25(33-29-24)17(4)21(22(30)18-10-8-16(3)9-11-18)20-14-19(12-13-27(5,6)7)34-23(20)26(31)32;1-17-7-9-19(10-8-17)23(29)28(18(2)16-27-14-6-13-26-27)21-15-20(11-12-25(3,4)5)32-22(21)24(30)31;1-6-19-25-20(31-26-19)14-27(22(28)16-9-7-15(2)8-10-16)18-13-17(11-12-24(3,4)5)32-21(18)23(29)30/h14-18,21H,8-11H2,1-7H3,(H,31,32);6,13-15,17-19H,7-10,16H2,1-5H3,(H,30,31);13,15-16H,6-10,14H2,1-5H3,(H,29,30). The quantitative estimate of drug-likeness (QED) is 0.0636. The summed E-state index contributed by atoms with van der Waals surface area (Å²) < 4.78 is 12.7. The summed E-state index contributed by atoms with van der Waals surface area (Å²) >= 11 is 3.36. The maximum atomic E-state index is 13.9. The van der Waals surface area contributed by atoms with E-state index in [0.29, 0.717) is 85.7 Å². The Morgan fingerprint density at radius 1 is 0.602 bits per heavy atom. The van der Waals surface area contributed by atoms with Gasteiger partial charge in [-0.25, -0.2) is 14.4 Å². The van der Waals surface area contributed by atoms with Crippen molar-refractivity contribution in [3.8, 4) is 35.5 Å². The Morgan fingerprint density at radius 2 is 1.06 bits per heavy atom. The number of carboxylic acid groups (broad SMARTS) is 3. The van der Waals surface area contributed by atoms with Gasteiger partial charge >= 0.3 is 17.9 Å². The van der Waals surface area contributed by atoms with E-state index in [1.807, 2.05) is 109 Å². The summed E-state index contributed by atoms with van der Waals surface area (Å²) in [6, 6.07) is 6.85. The molecular weight excluding hydrogens is 1300 g/mol. The van der Waals surface area contributed by atoms with Crippen LogP contribution in [0.3, 0.4) is 0 Å². The smallest absolute Gasteiger partial charge is 0.348 e. The highest BCUT2D eigenvalue weighted by molar-refractivity contribution is 7.15. The van der Waals surface area contributed by atoms with Gasteiger partial charge in [0.05, 0.1) is 44.5 Å². The first-order chi connectivity index (χ1) is 46.0. The number of anilines is 2. The zero-order valence-corrected chi connectivity index (χ0v) is 62.7. The molecule has 3 aliphatic carbocycles. The van der Waals surface area contributed by atoms with Crippen LogP contribution in [0.5, 0.6) is 0 Å². The van der Waals surface area contributed by atoms with Gasteiger partial charge in [0.2, 0.25) is 23.6 Å². The average Bonchev–Trinajstić information content (AvgIpc) is 1.59. The molecule has 0 radical (unpaired) electrons. The lowest BCUT2D eigenvalue weighted by atomic mass is 9.73. The summed E-state index contributed by atoms with van der Waals surface area (Å²) in [6.07, 6.45) is 15.1. The number of aryl methyl sites for hydroxylation is 1. The van der Waals surface area contributed by atoms with Crippen molar-refractivity contribution in [3.63, 3.8) is 0 Å². The zero-order chi connectivity index (χ0) is 72.1. The van der Waals surface area contributed by atoms with E-state index in [1.54, 1.807) is 34.0 Å². The maximum absolute atomic E-state index is 13.9. The highest BCUT2D eigenvalue weighted by Crippen LogP contribution is 2.44. The third kappa shape index (κ3) is 21.9. The predicted octanol–water partition coefficient (Wildman–Crippen LogP) is 17.1. The molecule has 528 valence electrons. The fourth-order valence-corrected chi connectivity index (χ4v) is 14.7. The number of thiophene rings is 3. The van der Waals surface area contributed by atoms with E-state index in [2.05, 4.69) is 81.7 Å². The Balaban J connectivity index is 0.000000207. The van der Waals surface area contributed by atoms with Crippen molar-refractivity contribution in [1.29, 1.82) is 0 Å². The van der Waals surface area contributed by atoms with Crippen LogP contribution in [0, 0.1) is 87.3 Å². The van der Waals surface area contributed by atoms with E-state index in [9.17, 15) is 44.1 Å². The van der Waals surface area contributed by atoms with Crippen LogP contribution < -0.4 is 9.80 Å². The van der Waals surface area contributed by atoms with Gasteiger partial charge in [-0.15, -0.1) is 34.0 Å². The molecule has 3 aliphatic rings. The second-order valence-electron chi connectivity index (χ2n) is 30.3. The first-order valence-electron chi connectivity index (χ1n) is 34.5. The number of ketones is 1. The summed E-state index contributed by atoms with van der Waals surface area (Å²) in [5.41, 5.74) is 0.671. The third-order valence-corrected chi connectivity index (χ3v) is 20.8. The molecule has 0 saturated heterocycles. The first kappa shape index (κ1) is 77.6. The molecule has 0 bridgehead atoms. The number of hydrogen-bond acceptors (Lipinski definition) is 16. The monoisotopic (exact) mass is 1400 g/mol. The molecule has 22 heteroatoms. The highest BCUT2D eigenvalue weighted by atomic mass is 32.1. The number of aromatic carboxylic acids is 3. The zero-order valence-electron chi connectivity index (χ0n) is 60.3. The number of carbonyl (C=O) groups excluding carboxylic acids is 3. The van der Waals surface area contributed by atoms with Crippen molar-refractivity contribution in [1.82, 2.24) is 30.1 Å². The summed E-state index contributed by atoms with van der Waals surface area (Å²) in [7, 11) is 0. The summed E-state index contributed by atoms with van der Waals surface area (Å²) in [5, 5.41) is 42.1. The number of hydrogen-bond donors (Lipinski definition) is 3. The molecule has 19 nitrogen and oxygen atoms in total. The van der Waals surface area contributed by atoms with E-state index in [4.69, 9.17) is 9.05 Å². The number of aromatic nitrogens is 6. The molecule has 0 aromatic carbocycles. The van der Waals surface area contributed by atoms with Crippen molar-refractivity contribution in [2.24, 2.45) is 51.8 Å². The van der Waals surface area contributed by atoms with Gasteiger partial charge in [-0.3, -0.25) is 19.1 Å². The minimum Gasteiger partial charge on any atom is -0.477 e. The fourth-order valence-electron chi connectivity index (χ4n) is 12.1. The Morgan fingerprint density at radius 3 is 1.50 bits per heavy atom. The second kappa shape index (κ2) is 33.9. The minimum absolute atomic E-state index is 0.00665. The Hall–Kier alpha value is -7.71. The van der Waals surface area contributed by atoms with Crippen LogP contribution in [0.1, 0.15) is 285 Å². The molecule has 3 atom stereocenters. The Kier molecular flexibility index (Phi) is 26.9. The molecule has 98 heavy (non-hydrogen) atoms. The van der Waals surface area contributed by atoms with Gasteiger partial charge in [0.1, 0.15) is 27.0 Å². The van der Waals surface area contributed by atoms with Crippen LogP contribution in [0.2, 0.25) is 0 Å². The summed E-state index contributed by atoms with van der Waals surface area (Å²) in [5.74, 6) is 17.9. The van der Waals surface area contributed by atoms with Crippen molar-refractivity contribution in [2.75, 3.05) is 9.80 Å². The fraction of sp³-hybridized carbons (Fsp3) is 0.592. The van der Waals surface area contributed by atoms with Crippen LogP contribution in [-0.4, -0.2) is 86.9 Å². The summed E-state index contributed by atoms with van der Waals surface area (Å²) in [4.78, 5) is 92.2. The molecule has 3 unspecified atom stereocenters. The van der Waals surface area contributed by atoms with E-state index in [1.165, 1.54) is 4.90 Å². The summed E-state index contributed by atoms with van der Waals surface area (Å²) in [6.45, 7) is 34.9. The molecule has 0 spiro atoms. The van der Waals surface area contributed by atoms with Gasteiger partial charge in [-0.05, 0) is 181 Å². The van der Waals surface area contributed by atoms with Gasteiger partial charge < -0.3 is 34.2 Å². The van der Waals surface area contributed by atoms with Gasteiger partial charge in [-0.1, -0.05) is 107 Å². The Bertz CT molecular complexity index is 3920. The molecule has 0 aliphatic heterocycles. The molecule has 6 aromatic heterocycles. The van der Waals surface area contributed by atoms with Gasteiger partial charge in [0.15, 0.2) is 11.6 Å². The van der Waals surface area contributed by atoms with E-state index >= 15 is 0 Å². The molecular formula is C76H100N8O11S3. The van der Waals surface area contributed by atoms with Crippen molar-refractivity contribution < 1.29 is 53.1 Å². The molecule has 6 aromatic rings. The minimum atomic E-state index is -1.08. The van der Waals surface area contributed by atoms with Gasteiger partial charge in [-0.2, -0.15) is 15.1 Å². The normalized spacial score (nSPS) is 19.6. The van der Waals surface area contributed by atoms with Crippen molar-refractivity contribution in [2.45, 2.75) is 238 Å². The number of Topliss-reactive ketones (excluding diaryl/α,β-unsaturated/α-hetero) is 1. The topological polar surface area (TPSA) is 265 Å². The van der Waals surface area contributed by atoms with Gasteiger partial charge in [0, 0.05) is 64.6 Å². The molecule has 2 amide bonds. The lowest BCUT2D eigenvalue weighted by Gasteiger charge is -2.34. The van der Waals surface area contributed by atoms with Crippen LogP contribution in [-0.2, 0) is 33.9 Å². The lowest BCUT2D eigenvalue weighted by Crippen LogP contribution is -2.45. The van der Waals surface area contributed by atoms with Crippen LogP contribution >= 0.6 is 34.0 Å².